The molecule has 2 amide bonds. The normalized spacial score (nSPS) is 17.6. The summed E-state index contributed by atoms with van der Waals surface area (Å²) >= 11 is 0. The van der Waals surface area contributed by atoms with Crippen molar-refractivity contribution in [3.05, 3.63) is 207 Å². The van der Waals surface area contributed by atoms with Gasteiger partial charge < -0.3 is 10.6 Å². The van der Waals surface area contributed by atoms with Crippen molar-refractivity contribution in [2.24, 2.45) is 11.8 Å². The lowest BCUT2D eigenvalue weighted by Crippen LogP contribution is -2.35. The van der Waals surface area contributed by atoms with E-state index in [0.29, 0.717) is 39.1 Å². The van der Waals surface area contributed by atoms with Gasteiger partial charge >= 0.3 is 6.18 Å². The van der Waals surface area contributed by atoms with Gasteiger partial charge in [0.05, 0.1) is 28.4 Å². The monoisotopic (exact) mass is 1250 g/mol. The zero-order valence-electron chi connectivity index (χ0n) is 46.5. The molecule has 0 spiro atoms. The van der Waals surface area contributed by atoms with Gasteiger partial charge in [-0.05, 0) is 140 Å². The van der Waals surface area contributed by atoms with Crippen molar-refractivity contribution in [3.63, 3.8) is 0 Å². The molecule has 88 heavy (non-hydrogen) atoms. The molecule has 3 aliphatic rings. The number of halogens is 12. The number of benzene rings is 4. The van der Waals surface area contributed by atoms with Gasteiger partial charge in [-0.15, -0.1) is 0 Å². The fraction of sp³-hybridized carbons (Fsp3) is 0.323. The average molecular weight is 1250 g/mol. The van der Waals surface area contributed by atoms with Crippen molar-refractivity contribution in [1.29, 1.82) is 0 Å². The Morgan fingerprint density at radius 3 is 1.82 bits per heavy atom. The van der Waals surface area contributed by atoms with Crippen molar-refractivity contribution in [1.82, 2.24) is 44.5 Å². The van der Waals surface area contributed by atoms with Crippen molar-refractivity contribution in [2.75, 3.05) is 13.1 Å². The molecule has 2 N–H and O–H groups in total. The summed E-state index contributed by atoms with van der Waals surface area (Å²) in [6, 6.07) is 20.3. The van der Waals surface area contributed by atoms with E-state index in [1.165, 1.54) is 65.2 Å². The standard InChI is InChI=1S/C62H53F12N9O4S/c1-2-81(19-16-33-10-15-51-47(24-33)58(62(72,73)74)80-82(51)31-52(84)77-50(26-35-22-41(66)29-42(67)23-35)56-45(9-5-18-76-56)37-6-3-7-38(63)27-37)88(86,87)43-13-11-36(12-14-43)44-8-4-17-75-55(44)49(25-34-20-39(64)28-40(65)21-34)78-53(85)32-83-59-54(57(79-83)60(68)69)46-30-48(46)61(59,70)71/h3-9,11-14,17-18,20-23,27-29,33,46,48-50,60H,2,10,15-16,19,24-26,30-32H2,1H3,(H,77,84)(H,78,85)/t33?,46?,48?,49-,50-/m0/s1. The molecule has 3 aliphatic carbocycles. The maximum atomic E-state index is 15.4. The minimum Gasteiger partial charge on any atom is -0.346 e. The summed E-state index contributed by atoms with van der Waals surface area (Å²) < 4.78 is 207. The van der Waals surface area contributed by atoms with Crippen molar-refractivity contribution in [2.45, 2.75) is 106 Å². The number of hydrogen-bond acceptors (Lipinski definition) is 8. The van der Waals surface area contributed by atoms with E-state index in [1.807, 2.05) is 0 Å². The average Bonchev–Trinajstić information content (AvgIpc) is 1.56. The van der Waals surface area contributed by atoms with Crippen LogP contribution in [0.5, 0.6) is 0 Å². The van der Waals surface area contributed by atoms with Crippen LogP contribution in [0.4, 0.5) is 52.7 Å². The third-order valence-electron chi connectivity index (χ3n) is 16.3. The Bertz CT molecular complexity index is 4040. The highest BCUT2D eigenvalue weighted by Gasteiger charge is 2.67. The second kappa shape index (κ2) is 24.3. The molecule has 5 atom stereocenters. The first-order chi connectivity index (χ1) is 41.9. The number of fused-ring (bicyclic) bond motifs is 4. The van der Waals surface area contributed by atoms with E-state index < -0.39 is 129 Å². The molecule has 8 aromatic rings. The SMILES string of the molecule is CCN(CCC1CCc2c(c(C(F)(F)F)nn2CC(=O)N[C@@H](Cc2cc(F)cc(F)c2)c2ncccc2-c2cccc(F)c2)C1)S(=O)(=O)c1ccc(-c2cccnc2[C@H](Cc2cc(F)cc(F)c2)NC(=O)Cn2nc(C(F)F)c3c2C(F)(F)C2CC32)cc1. The topological polar surface area (TPSA) is 157 Å². The smallest absolute Gasteiger partial charge is 0.346 e. The Kier molecular flexibility index (Phi) is 16.9. The molecular weight excluding hydrogens is 1190 g/mol. The fourth-order valence-corrected chi connectivity index (χ4v) is 13.8. The van der Waals surface area contributed by atoms with Crippen LogP contribution >= 0.6 is 0 Å². The third-order valence-corrected chi connectivity index (χ3v) is 18.3. The molecule has 13 nitrogen and oxygen atoms in total. The summed E-state index contributed by atoms with van der Waals surface area (Å²) in [5.74, 6) is -12.1. The van der Waals surface area contributed by atoms with Gasteiger partial charge in [-0.1, -0.05) is 43.3 Å². The van der Waals surface area contributed by atoms with E-state index >= 15 is 8.78 Å². The van der Waals surface area contributed by atoms with Gasteiger partial charge in [0.15, 0.2) is 5.69 Å². The van der Waals surface area contributed by atoms with Crippen molar-refractivity contribution in [3.8, 4) is 22.3 Å². The number of aromatic nitrogens is 6. The molecule has 1 saturated carbocycles. The molecule has 0 bridgehead atoms. The van der Waals surface area contributed by atoms with E-state index in [1.54, 1.807) is 31.2 Å². The lowest BCUT2D eigenvalue weighted by Gasteiger charge is -2.27. The van der Waals surface area contributed by atoms with Crippen LogP contribution in [-0.4, -0.2) is 67.2 Å². The second-order valence-electron chi connectivity index (χ2n) is 22.1. The molecule has 4 heterocycles. The van der Waals surface area contributed by atoms with E-state index in [-0.39, 0.29) is 102 Å². The largest absolute Gasteiger partial charge is 0.435 e. The molecule has 4 aromatic carbocycles. The first-order valence-corrected chi connectivity index (χ1v) is 29.5. The predicted octanol–water partition coefficient (Wildman–Crippen LogP) is 12.5. The third kappa shape index (κ3) is 12.7. The van der Waals surface area contributed by atoms with Crippen molar-refractivity contribution >= 4 is 21.8 Å². The molecule has 0 saturated heterocycles. The molecule has 460 valence electrons. The molecule has 26 heteroatoms. The number of pyridine rings is 2. The Balaban J connectivity index is 0.789. The van der Waals surface area contributed by atoms with Gasteiger partial charge in [-0.2, -0.15) is 36.5 Å². The van der Waals surface area contributed by atoms with Crippen LogP contribution in [0, 0.1) is 40.9 Å². The van der Waals surface area contributed by atoms with Gasteiger partial charge in [0.2, 0.25) is 21.8 Å². The van der Waals surface area contributed by atoms with Gasteiger partial charge in [-0.3, -0.25) is 28.9 Å². The Labute approximate surface area is 495 Å². The van der Waals surface area contributed by atoms with E-state index in [9.17, 15) is 61.9 Å². The van der Waals surface area contributed by atoms with Gasteiger partial charge in [0.1, 0.15) is 53.6 Å². The summed E-state index contributed by atoms with van der Waals surface area (Å²) in [7, 11) is -4.28. The lowest BCUT2D eigenvalue weighted by atomic mass is 9.84. The van der Waals surface area contributed by atoms with Gasteiger partial charge in [0, 0.05) is 71.5 Å². The summed E-state index contributed by atoms with van der Waals surface area (Å²) in [5.41, 5.74) is -1.31. The summed E-state index contributed by atoms with van der Waals surface area (Å²) in [4.78, 5) is 36.6. The Morgan fingerprint density at radius 2 is 1.27 bits per heavy atom. The highest BCUT2D eigenvalue weighted by Crippen LogP contribution is 2.68. The number of carbonyl (C=O) groups is 2. The van der Waals surface area contributed by atoms with Crippen LogP contribution in [0.25, 0.3) is 22.3 Å². The number of amides is 2. The van der Waals surface area contributed by atoms with Crippen LogP contribution in [0.2, 0.25) is 0 Å². The molecular formula is C62H53F12N9O4S. The minimum atomic E-state index is -4.96. The maximum absolute atomic E-state index is 15.4. The van der Waals surface area contributed by atoms with Crippen LogP contribution in [0.1, 0.15) is 107 Å². The number of alkyl halides is 7. The van der Waals surface area contributed by atoms with E-state index in [4.69, 9.17) is 0 Å². The first-order valence-electron chi connectivity index (χ1n) is 28.0. The van der Waals surface area contributed by atoms with E-state index in [2.05, 4.69) is 30.8 Å². The number of nitrogens with one attached hydrogen (secondary N) is 2. The highest BCUT2D eigenvalue weighted by atomic mass is 32.2. The number of nitrogens with zero attached hydrogens (tertiary/aromatic N) is 7. The lowest BCUT2D eigenvalue weighted by molar-refractivity contribution is -0.142. The van der Waals surface area contributed by atoms with Gasteiger partial charge in [-0.25, -0.2) is 39.2 Å². The number of carbonyl (C=O) groups excluding carboxylic acids is 2. The summed E-state index contributed by atoms with van der Waals surface area (Å²) in [6.45, 7) is -0.194. The van der Waals surface area contributed by atoms with Crippen LogP contribution in [0.15, 0.2) is 126 Å². The summed E-state index contributed by atoms with van der Waals surface area (Å²) in [6.07, 6.45) is -5.68. The minimum absolute atomic E-state index is 0.00351. The predicted molar refractivity (Wildman–Crippen MR) is 295 cm³/mol. The Hall–Kier alpha value is -8.39. The zero-order valence-corrected chi connectivity index (χ0v) is 47.3. The number of sulfonamides is 1. The van der Waals surface area contributed by atoms with Crippen LogP contribution in [0.3, 0.4) is 0 Å². The Morgan fingerprint density at radius 1 is 0.705 bits per heavy atom. The van der Waals surface area contributed by atoms with E-state index in [0.717, 1.165) is 28.9 Å². The maximum Gasteiger partial charge on any atom is 0.435 e. The molecule has 11 rings (SSSR count). The summed E-state index contributed by atoms with van der Waals surface area (Å²) in [5, 5.41) is 13.0. The second-order valence-corrected chi connectivity index (χ2v) is 24.0. The van der Waals surface area contributed by atoms with Gasteiger partial charge in [0.25, 0.3) is 12.3 Å². The quantitative estimate of drug-likeness (QED) is 0.0673. The van der Waals surface area contributed by atoms with Crippen LogP contribution in [-0.2, 0) is 70.5 Å². The molecule has 0 aliphatic heterocycles. The highest BCUT2D eigenvalue weighted by molar-refractivity contribution is 7.89. The molecule has 0 radical (unpaired) electrons. The molecule has 3 unspecified atom stereocenters. The van der Waals surface area contributed by atoms with Crippen molar-refractivity contribution < 1.29 is 70.7 Å². The first kappa shape index (κ1) is 61.3. The van der Waals surface area contributed by atoms with Crippen LogP contribution < -0.4 is 10.6 Å². The fourth-order valence-electron chi connectivity index (χ4n) is 12.3. The molecule has 4 aromatic heterocycles. The number of hydrogen-bond donors (Lipinski definition) is 2. The zero-order chi connectivity index (χ0) is 62.6. The molecule has 1 fully saturated rings. The number of rotatable bonds is 21.